The molecule has 1 heterocycles. The SMILES string of the molecule is CNc1snc(C)c1C(=O)OC(C)C(=O)Nc1ccc(Br)cc1. The molecule has 0 saturated heterocycles. The lowest BCUT2D eigenvalue weighted by Crippen LogP contribution is -2.30. The summed E-state index contributed by atoms with van der Waals surface area (Å²) in [5.74, 6) is -0.966. The molecule has 2 rings (SSSR count). The lowest BCUT2D eigenvalue weighted by molar-refractivity contribution is -0.123. The van der Waals surface area contributed by atoms with Gasteiger partial charge in [-0.15, -0.1) is 0 Å². The van der Waals surface area contributed by atoms with Crippen LogP contribution in [0.25, 0.3) is 0 Å². The highest BCUT2D eigenvalue weighted by molar-refractivity contribution is 9.10. The average Bonchev–Trinajstić information content (AvgIpc) is 2.90. The number of carbonyl (C=O) groups excluding carboxylic acids is 2. The van der Waals surface area contributed by atoms with E-state index in [2.05, 4.69) is 30.9 Å². The molecular weight excluding hydrogens is 382 g/mol. The van der Waals surface area contributed by atoms with Crippen LogP contribution in [0.15, 0.2) is 28.7 Å². The molecule has 6 nitrogen and oxygen atoms in total. The fourth-order valence-corrected chi connectivity index (χ4v) is 2.83. The van der Waals surface area contributed by atoms with Gasteiger partial charge in [0.25, 0.3) is 5.91 Å². The summed E-state index contributed by atoms with van der Waals surface area (Å²) in [5, 5.41) is 6.21. The summed E-state index contributed by atoms with van der Waals surface area (Å²) in [5.41, 5.74) is 1.57. The summed E-state index contributed by atoms with van der Waals surface area (Å²) in [6, 6.07) is 7.13. The van der Waals surface area contributed by atoms with E-state index in [4.69, 9.17) is 4.74 Å². The Kier molecular flexibility index (Phi) is 5.73. The summed E-state index contributed by atoms with van der Waals surface area (Å²) in [6.45, 7) is 3.25. The van der Waals surface area contributed by atoms with Crippen molar-refractivity contribution in [2.75, 3.05) is 17.7 Å². The number of esters is 1. The number of aromatic nitrogens is 1. The Bertz CT molecular complexity index is 715. The number of rotatable bonds is 5. The van der Waals surface area contributed by atoms with Crippen LogP contribution in [0.4, 0.5) is 10.7 Å². The van der Waals surface area contributed by atoms with Crippen molar-refractivity contribution in [3.63, 3.8) is 0 Å². The van der Waals surface area contributed by atoms with Crippen molar-refractivity contribution in [2.45, 2.75) is 20.0 Å². The summed E-state index contributed by atoms with van der Waals surface area (Å²) < 4.78 is 10.3. The minimum atomic E-state index is -0.921. The maximum absolute atomic E-state index is 12.2. The van der Waals surface area contributed by atoms with E-state index in [1.807, 2.05) is 12.1 Å². The van der Waals surface area contributed by atoms with Gasteiger partial charge >= 0.3 is 5.97 Å². The minimum absolute atomic E-state index is 0.362. The van der Waals surface area contributed by atoms with E-state index in [0.717, 1.165) is 4.47 Å². The van der Waals surface area contributed by atoms with E-state index in [9.17, 15) is 9.59 Å². The zero-order chi connectivity index (χ0) is 17.0. The van der Waals surface area contributed by atoms with Crippen molar-refractivity contribution in [2.24, 2.45) is 0 Å². The Morgan fingerprint density at radius 2 is 1.96 bits per heavy atom. The minimum Gasteiger partial charge on any atom is -0.449 e. The third-order valence-corrected chi connectivity index (χ3v) is 4.54. The van der Waals surface area contributed by atoms with Crippen molar-refractivity contribution < 1.29 is 14.3 Å². The molecule has 0 saturated carbocycles. The van der Waals surface area contributed by atoms with E-state index in [1.165, 1.54) is 18.5 Å². The van der Waals surface area contributed by atoms with Crippen LogP contribution in [0.5, 0.6) is 0 Å². The van der Waals surface area contributed by atoms with E-state index >= 15 is 0 Å². The highest BCUT2D eigenvalue weighted by Crippen LogP contribution is 2.25. The van der Waals surface area contributed by atoms with E-state index in [1.54, 1.807) is 26.1 Å². The van der Waals surface area contributed by atoms with E-state index in [0.29, 0.717) is 21.9 Å². The topological polar surface area (TPSA) is 80.3 Å². The quantitative estimate of drug-likeness (QED) is 0.755. The van der Waals surface area contributed by atoms with Gasteiger partial charge in [-0.25, -0.2) is 4.79 Å². The number of nitrogens with zero attached hydrogens (tertiary/aromatic N) is 1. The first kappa shape index (κ1) is 17.4. The van der Waals surface area contributed by atoms with Crippen molar-refractivity contribution in [1.82, 2.24) is 4.37 Å². The van der Waals surface area contributed by atoms with Crippen molar-refractivity contribution >= 4 is 50.0 Å². The molecule has 23 heavy (non-hydrogen) atoms. The molecular formula is C15H16BrN3O3S. The van der Waals surface area contributed by atoms with Gasteiger partial charge in [0.05, 0.1) is 5.69 Å². The molecule has 2 N–H and O–H groups in total. The Hall–Kier alpha value is -1.93. The molecule has 122 valence electrons. The molecule has 0 spiro atoms. The molecule has 8 heteroatoms. The Labute approximate surface area is 146 Å². The fourth-order valence-electron chi connectivity index (χ4n) is 1.83. The highest BCUT2D eigenvalue weighted by Gasteiger charge is 2.24. The number of amides is 1. The van der Waals surface area contributed by atoms with Gasteiger partial charge in [0.15, 0.2) is 6.10 Å². The van der Waals surface area contributed by atoms with Gasteiger partial charge in [0.2, 0.25) is 0 Å². The van der Waals surface area contributed by atoms with Crippen LogP contribution in [0.1, 0.15) is 23.0 Å². The molecule has 1 aromatic heterocycles. The number of hydrogen-bond donors (Lipinski definition) is 2. The zero-order valence-electron chi connectivity index (χ0n) is 12.8. The molecule has 0 aliphatic carbocycles. The smallest absolute Gasteiger partial charge is 0.343 e. The molecule has 2 aromatic rings. The zero-order valence-corrected chi connectivity index (χ0v) is 15.2. The van der Waals surface area contributed by atoms with Crippen LogP contribution in [0, 0.1) is 6.92 Å². The molecule has 1 aromatic carbocycles. The van der Waals surface area contributed by atoms with Gasteiger partial charge in [0.1, 0.15) is 10.6 Å². The van der Waals surface area contributed by atoms with Gasteiger partial charge in [0, 0.05) is 17.2 Å². The summed E-state index contributed by atoms with van der Waals surface area (Å²) in [4.78, 5) is 24.3. The molecule has 0 bridgehead atoms. The number of halogens is 1. The number of ether oxygens (including phenoxy) is 1. The number of carbonyl (C=O) groups is 2. The van der Waals surface area contributed by atoms with Crippen molar-refractivity contribution in [1.29, 1.82) is 0 Å². The number of nitrogens with one attached hydrogen (secondary N) is 2. The first-order valence-corrected chi connectivity index (χ1v) is 8.40. The number of anilines is 2. The van der Waals surface area contributed by atoms with Crippen LogP contribution in [-0.2, 0) is 9.53 Å². The second kappa shape index (κ2) is 7.56. The van der Waals surface area contributed by atoms with Crippen LogP contribution < -0.4 is 10.6 Å². The Morgan fingerprint density at radius 1 is 1.30 bits per heavy atom. The van der Waals surface area contributed by atoms with Gasteiger partial charge < -0.3 is 15.4 Å². The second-order valence-corrected chi connectivity index (χ2v) is 6.45. The molecule has 0 aliphatic heterocycles. The average molecular weight is 398 g/mol. The normalized spacial score (nSPS) is 11.7. The van der Waals surface area contributed by atoms with Gasteiger partial charge in [-0.05, 0) is 49.6 Å². The van der Waals surface area contributed by atoms with E-state index < -0.39 is 18.0 Å². The first-order chi connectivity index (χ1) is 10.9. The number of aryl methyl sites for hydroxylation is 1. The highest BCUT2D eigenvalue weighted by atomic mass is 79.9. The monoisotopic (exact) mass is 397 g/mol. The van der Waals surface area contributed by atoms with Crippen LogP contribution in [0.2, 0.25) is 0 Å². The second-order valence-electron chi connectivity index (χ2n) is 4.77. The third kappa shape index (κ3) is 4.29. The molecule has 1 amide bonds. The van der Waals surface area contributed by atoms with Crippen molar-refractivity contribution in [3.05, 3.63) is 40.0 Å². The number of hydrogen-bond acceptors (Lipinski definition) is 6. The molecule has 0 radical (unpaired) electrons. The van der Waals surface area contributed by atoms with Gasteiger partial charge in [-0.3, -0.25) is 4.79 Å². The van der Waals surface area contributed by atoms with Crippen LogP contribution in [0.3, 0.4) is 0 Å². The van der Waals surface area contributed by atoms with Crippen LogP contribution in [-0.4, -0.2) is 29.4 Å². The molecule has 0 fully saturated rings. The fraction of sp³-hybridized carbons (Fsp3) is 0.267. The summed E-state index contributed by atoms with van der Waals surface area (Å²) in [6.07, 6.45) is -0.921. The van der Waals surface area contributed by atoms with Gasteiger partial charge in [-0.2, -0.15) is 4.37 Å². The largest absolute Gasteiger partial charge is 0.449 e. The third-order valence-electron chi connectivity index (χ3n) is 3.06. The maximum atomic E-state index is 12.2. The summed E-state index contributed by atoms with van der Waals surface area (Å²) >= 11 is 4.50. The Balaban J connectivity index is 2.01. The number of benzene rings is 1. The molecule has 1 atom stereocenters. The predicted octanol–water partition coefficient (Wildman–Crippen LogP) is 3.44. The lowest BCUT2D eigenvalue weighted by Gasteiger charge is -2.14. The standard InChI is InChI=1S/C15H16BrN3O3S/c1-8-12(14(17-3)23-19-8)15(21)22-9(2)13(20)18-11-6-4-10(16)5-7-11/h4-7,9,17H,1-3H3,(H,18,20). The summed E-state index contributed by atoms with van der Waals surface area (Å²) in [7, 11) is 1.70. The maximum Gasteiger partial charge on any atom is 0.343 e. The Morgan fingerprint density at radius 3 is 2.57 bits per heavy atom. The lowest BCUT2D eigenvalue weighted by atomic mass is 10.2. The van der Waals surface area contributed by atoms with Gasteiger partial charge in [-0.1, -0.05) is 15.9 Å². The van der Waals surface area contributed by atoms with Crippen LogP contribution >= 0.6 is 27.5 Å². The molecule has 0 aliphatic rings. The molecule has 1 unspecified atom stereocenters. The van der Waals surface area contributed by atoms with E-state index in [-0.39, 0.29) is 0 Å². The first-order valence-electron chi connectivity index (χ1n) is 6.83. The predicted molar refractivity (Wildman–Crippen MR) is 94.0 cm³/mol. The van der Waals surface area contributed by atoms with Crippen molar-refractivity contribution in [3.8, 4) is 0 Å².